The summed E-state index contributed by atoms with van der Waals surface area (Å²) in [6.07, 6.45) is 3.25. The molecular weight excluding hydrogens is 236 g/mol. The van der Waals surface area contributed by atoms with E-state index < -0.39 is 0 Å². The molecule has 3 rings (SSSR count). The van der Waals surface area contributed by atoms with Crippen LogP contribution in [-0.4, -0.2) is 31.1 Å². The molecular formula is C16H20N2O. The van der Waals surface area contributed by atoms with Gasteiger partial charge in [0.15, 0.2) is 0 Å². The molecule has 0 radical (unpaired) electrons. The van der Waals surface area contributed by atoms with Crippen molar-refractivity contribution in [2.24, 2.45) is 5.92 Å². The van der Waals surface area contributed by atoms with Crippen LogP contribution in [0.1, 0.15) is 30.1 Å². The summed E-state index contributed by atoms with van der Waals surface area (Å²) in [6, 6.07) is 11.0. The van der Waals surface area contributed by atoms with Gasteiger partial charge in [0.05, 0.1) is 18.8 Å². The molecule has 0 spiro atoms. The van der Waals surface area contributed by atoms with Crippen LogP contribution in [0.5, 0.6) is 0 Å². The average molecular weight is 256 g/mol. The smallest absolute Gasteiger partial charge is 0.0954 e. The number of likely N-dealkylation sites (tertiary alicyclic amines) is 1. The molecule has 0 bridgehead atoms. The van der Waals surface area contributed by atoms with E-state index >= 15 is 0 Å². The van der Waals surface area contributed by atoms with Gasteiger partial charge >= 0.3 is 0 Å². The lowest BCUT2D eigenvalue weighted by molar-refractivity contribution is 0.0103. The van der Waals surface area contributed by atoms with Gasteiger partial charge in [-0.2, -0.15) is 5.26 Å². The fraction of sp³-hybridized carbons (Fsp3) is 0.562. The first-order valence-electron chi connectivity index (χ1n) is 7.18. The number of rotatable bonds is 2. The number of ether oxygens (including phenoxy) is 1. The van der Waals surface area contributed by atoms with Crippen LogP contribution in [-0.2, 0) is 11.2 Å². The monoisotopic (exact) mass is 256 g/mol. The minimum atomic E-state index is 0.212. The van der Waals surface area contributed by atoms with E-state index in [0.717, 1.165) is 45.5 Å². The minimum Gasteiger partial charge on any atom is -0.372 e. The molecule has 1 saturated heterocycles. The Kier molecular flexibility index (Phi) is 3.82. The van der Waals surface area contributed by atoms with Gasteiger partial charge in [-0.15, -0.1) is 0 Å². The first kappa shape index (κ1) is 12.7. The number of hydrogen-bond acceptors (Lipinski definition) is 3. The van der Waals surface area contributed by atoms with Gasteiger partial charge in [0.1, 0.15) is 0 Å². The van der Waals surface area contributed by atoms with Crippen molar-refractivity contribution in [2.45, 2.75) is 25.4 Å². The molecule has 0 aliphatic carbocycles. The molecule has 100 valence electrons. The lowest BCUT2D eigenvalue weighted by Crippen LogP contribution is -2.37. The standard InChI is InChI=1S/C16H20N2O/c17-11-13-5-8-18(9-6-13)12-16-15-4-2-1-3-14(15)7-10-19-16/h1-4,13,16H,5-10,12H2. The summed E-state index contributed by atoms with van der Waals surface area (Å²) in [7, 11) is 0. The first-order chi connectivity index (χ1) is 9.36. The highest BCUT2D eigenvalue weighted by Gasteiger charge is 2.25. The average Bonchev–Trinajstić information content (AvgIpc) is 2.48. The Morgan fingerprint density at radius 3 is 2.84 bits per heavy atom. The van der Waals surface area contributed by atoms with Crippen molar-refractivity contribution >= 4 is 0 Å². The van der Waals surface area contributed by atoms with Crippen molar-refractivity contribution in [2.75, 3.05) is 26.2 Å². The molecule has 1 unspecified atom stereocenters. The van der Waals surface area contributed by atoms with Crippen molar-refractivity contribution < 1.29 is 4.74 Å². The SMILES string of the molecule is N#CC1CCN(CC2OCCc3ccccc32)CC1. The minimum absolute atomic E-state index is 0.212. The van der Waals surface area contributed by atoms with Gasteiger partial charge in [-0.3, -0.25) is 0 Å². The van der Waals surface area contributed by atoms with E-state index in [1.807, 2.05) is 0 Å². The maximum Gasteiger partial charge on any atom is 0.0954 e. The van der Waals surface area contributed by atoms with E-state index in [9.17, 15) is 0 Å². The largest absolute Gasteiger partial charge is 0.372 e. The quantitative estimate of drug-likeness (QED) is 0.816. The lowest BCUT2D eigenvalue weighted by Gasteiger charge is -2.34. The zero-order valence-corrected chi connectivity index (χ0v) is 11.2. The van der Waals surface area contributed by atoms with Crippen molar-refractivity contribution in [1.82, 2.24) is 4.90 Å². The summed E-state index contributed by atoms with van der Waals surface area (Å²) in [5.74, 6) is 0.260. The Morgan fingerprint density at radius 2 is 2.05 bits per heavy atom. The van der Waals surface area contributed by atoms with Crippen LogP contribution in [0.2, 0.25) is 0 Å². The van der Waals surface area contributed by atoms with Crippen LogP contribution in [0.4, 0.5) is 0 Å². The predicted octanol–water partition coefficient (Wildman–Crippen LogP) is 2.54. The molecule has 1 atom stereocenters. The molecule has 2 heterocycles. The third-order valence-corrected chi connectivity index (χ3v) is 4.29. The van der Waals surface area contributed by atoms with E-state index in [1.54, 1.807) is 0 Å². The third kappa shape index (κ3) is 2.80. The van der Waals surface area contributed by atoms with Crippen LogP contribution in [0.25, 0.3) is 0 Å². The Hall–Kier alpha value is -1.37. The second-order valence-electron chi connectivity index (χ2n) is 5.51. The second kappa shape index (κ2) is 5.73. The molecule has 0 saturated carbocycles. The summed E-state index contributed by atoms with van der Waals surface area (Å²) >= 11 is 0. The molecule has 2 aliphatic heterocycles. The maximum absolute atomic E-state index is 8.94. The zero-order chi connectivity index (χ0) is 13.1. The molecule has 2 aliphatic rings. The van der Waals surface area contributed by atoms with Crippen molar-refractivity contribution in [3.63, 3.8) is 0 Å². The van der Waals surface area contributed by atoms with Gasteiger partial charge in [0.25, 0.3) is 0 Å². The van der Waals surface area contributed by atoms with Gasteiger partial charge in [0, 0.05) is 12.5 Å². The highest BCUT2D eigenvalue weighted by atomic mass is 16.5. The summed E-state index contributed by atoms with van der Waals surface area (Å²) in [5.41, 5.74) is 2.79. The number of hydrogen-bond donors (Lipinski definition) is 0. The van der Waals surface area contributed by atoms with Gasteiger partial charge in [-0.05, 0) is 43.5 Å². The highest BCUT2D eigenvalue weighted by Crippen LogP contribution is 2.28. The molecule has 1 fully saturated rings. The number of piperidine rings is 1. The van der Waals surface area contributed by atoms with E-state index in [-0.39, 0.29) is 12.0 Å². The van der Waals surface area contributed by atoms with Crippen molar-refractivity contribution in [3.8, 4) is 6.07 Å². The van der Waals surface area contributed by atoms with Crippen molar-refractivity contribution in [1.29, 1.82) is 5.26 Å². The third-order valence-electron chi connectivity index (χ3n) is 4.29. The van der Waals surface area contributed by atoms with Gasteiger partial charge in [0.2, 0.25) is 0 Å². The van der Waals surface area contributed by atoms with E-state index in [1.165, 1.54) is 11.1 Å². The fourth-order valence-corrected chi connectivity index (χ4v) is 3.11. The lowest BCUT2D eigenvalue weighted by atomic mass is 9.95. The van der Waals surface area contributed by atoms with Gasteiger partial charge < -0.3 is 9.64 Å². The Labute approximate surface area is 114 Å². The molecule has 0 aromatic heterocycles. The molecule has 3 heteroatoms. The highest BCUT2D eigenvalue weighted by molar-refractivity contribution is 5.31. The zero-order valence-electron chi connectivity index (χ0n) is 11.2. The number of nitrogens with zero attached hydrogens (tertiary/aromatic N) is 2. The summed E-state index contributed by atoms with van der Waals surface area (Å²) in [6.45, 7) is 3.85. The Bertz CT molecular complexity index is 472. The molecule has 0 amide bonds. The Balaban J connectivity index is 1.64. The molecule has 3 nitrogen and oxygen atoms in total. The normalized spacial score (nSPS) is 24.7. The Morgan fingerprint density at radius 1 is 1.26 bits per heavy atom. The topological polar surface area (TPSA) is 36.3 Å². The number of nitriles is 1. The molecule has 1 aromatic rings. The van der Waals surface area contributed by atoms with Crippen LogP contribution in [0.15, 0.2) is 24.3 Å². The van der Waals surface area contributed by atoms with Gasteiger partial charge in [-0.25, -0.2) is 0 Å². The predicted molar refractivity (Wildman–Crippen MR) is 73.6 cm³/mol. The number of fused-ring (bicyclic) bond motifs is 1. The molecule has 19 heavy (non-hydrogen) atoms. The van der Waals surface area contributed by atoms with Crippen molar-refractivity contribution in [3.05, 3.63) is 35.4 Å². The molecule has 1 aromatic carbocycles. The van der Waals surface area contributed by atoms with Crippen LogP contribution in [0, 0.1) is 17.2 Å². The van der Waals surface area contributed by atoms with Crippen LogP contribution < -0.4 is 0 Å². The maximum atomic E-state index is 8.94. The first-order valence-corrected chi connectivity index (χ1v) is 7.18. The van der Waals surface area contributed by atoms with Gasteiger partial charge in [-0.1, -0.05) is 24.3 Å². The van der Waals surface area contributed by atoms with E-state index in [0.29, 0.717) is 0 Å². The van der Waals surface area contributed by atoms with Crippen LogP contribution in [0.3, 0.4) is 0 Å². The summed E-state index contributed by atoms with van der Waals surface area (Å²) in [5, 5.41) is 8.94. The second-order valence-corrected chi connectivity index (χ2v) is 5.51. The number of benzene rings is 1. The summed E-state index contributed by atoms with van der Waals surface area (Å²) in [4.78, 5) is 2.45. The van der Waals surface area contributed by atoms with Crippen LogP contribution >= 0.6 is 0 Å². The fourth-order valence-electron chi connectivity index (χ4n) is 3.11. The van der Waals surface area contributed by atoms with E-state index in [2.05, 4.69) is 35.2 Å². The van der Waals surface area contributed by atoms with E-state index in [4.69, 9.17) is 10.00 Å². The molecule has 0 N–H and O–H groups in total. The summed E-state index contributed by atoms with van der Waals surface area (Å²) < 4.78 is 5.95.